The van der Waals surface area contributed by atoms with E-state index >= 15 is 0 Å². The van der Waals surface area contributed by atoms with Crippen LogP contribution in [0.4, 0.5) is 4.79 Å². The lowest BCUT2D eigenvalue weighted by Crippen LogP contribution is -2.48. The van der Waals surface area contributed by atoms with Gasteiger partial charge in [0.15, 0.2) is 0 Å². The predicted molar refractivity (Wildman–Crippen MR) is 102 cm³/mol. The van der Waals surface area contributed by atoms with Gasteiger partial charge in [0.05, 0.1) is 0 Å². The summed E-state index contributed by atoms with van der Waals surface area (Å²) in [6, 6.07) is 8.58. The van der Waals surface area contributed by atoms with Gasteiger partial charge < -0.3 is 5.32 Å². The van der Waals surface area contributed by atoms with E-state index in [1.165, 1.54) is 32.1 Å². The minimum atomic E-state index is -1.12. The molecule has 1 aliphatic heterocycles. The summed E-state index contributed by atoms with van der Waals surface area (Å²) < 4.78 is 0. The first-order valence-corrected chi connectivity index (χ1v) is 10.1. The highest BCUT2D eigenvalue weighted by Gasteiger charge is 2.52. The van der Waals surface area contributed by atoms with E-state index in [0.717, 1.165) is 23.4 Å². The van der Waals surface area contributed by atoms with Crippen molar-refractivity contribution in [2.45, 2.75) is 70.3 Å². The molecule has 1 aromatic carbocycles. The lowest BCUT2D eigenvalue weighted by atomic mass is 9.86. The summed E-state index contributed by atoms with van der Waals surface area (Å²) in [5.74, 6) is 0.00481. The number of hydrogen-bond donors (Lipinski definition) is 2. The molecule has 1 heterocycles. The summed E-state index contributed by atoms with van der Waals surface area (Å²) in [6.45, 7) is 1.85. The summed E-state index contributed by atoms with van der Waals surface area (Å²) >= 11 is 0. The van der Waals surface area contributed by atoms with Crippen molar-refractivity contribution in [1.82, 2.24) is 15.8 Å². The first kappa shape index (κ1) is 19.4. The Labute approximate surface area is 160 Å². The zero-order valence-corrected chi connectivity index (χ0v) is 16.0. The topological polar surface area (TPSA) is 78.5 Å². The van der Waals surface area contributed by atoms with Crippen molar-refractivity contribution in [2.75, 3.05) is 0 Å². The molecule has 0 spiro atoms. The number of hydrogen-bond acceptors (Lipinski definition) is 3. The summed E-state index contributed by atoms with van der Waals surface area (Å²) in [7, 11) is 0. The Kier molecular flexibility index (Phi) is 6.14. The fourth-order valence-corrected chi connectivity index (χ4v) is 4.25. The Morgan fingerprint density at radius 2 is 1.89 bits per heavy atom. The molecule has 27 heavy (non-hydrogen) atoms. The molecule has 4 amide bonds. The molecule has 1 aliphatic carbocycles. The van der Waals surface area contributed by atoms with Crippen molar-refractivity contribution >= 4 is 17.8 Å². The zero-order chi connectivity index (χ0) is 19.3. The molecule has 2 aliphatic rings. The van der Waals surface area contributed by atoms with E-state index in [1.54, 1.807) is 0 Å². The molecule has 1 atom stereocenters. The van der Waals surface area contributed by atoms with Crippen LogP contribution in [-0.4, -0.2) is 22.9 Å². The third-order valence-electron chi connectivity index (χ3n) is 5.87. The minimum absolute atomic E-state index is 0.283. The summed E-state index contributed by atoms with van der Waals surface area (Å²) in [5, 5.41) is 3.62. The highest BCUT2D eigenvalue weighted by Crippen LogP contribution is 2.31. The summed E-state index contributed by atoms with van der Waals surface area (Å²) in [6.07, 6.45) is 8.98. The first-order chi connectivity index (χ1) is 13.1. The van der Waals surface area contributed by atoms with Crippen LogP contribution in [0.2, 0.25) is 0 Å². The number of hydrazine groups is 1. The van der Waals surface area contributed by atoms with Crippen LogP contribution < -0.4 is 10.7 Å². The van der Waals surface area contributed by atoms with Gasteiger partial charge in [-0.1, -0.05) is 69.4 Å². The SMILES string of the molecule is CC[C@]1(c2ccccc2)NC(=O)N(NC(=O)CCCC2CCCCC2)C1=O. The standard InChI is InChI=1S/C21H29N3O3/c1-2-21(17-13-7-4-8-14-17)19(26)24(20(27)22-21)23-18(25)15-9-12-16-10-5-3-6-11-16/h4,7-8,13-14,16H,2-3,5-6,9-12,15H2,1H3,(H,22,27)(H,23,25)/t21-/m1/s1. The Morgan fingerprint density at radius 1 is 1.19 bits per heavy atom. The Hall–Kier alpha value is -2.37. The molecule has 0 aromatic heterocycles. The van der Waals surface area contributed by atoms with E-state index in [-0.39, 0.29) is 5.91 Å². The average molecular weight is 371 g/mol. The molecule has 2 N–H and O–H groups in total. The van der Waals surface area contributed by atoms with E-state index in [0.29, 0.717) is 18.8 Å². The molecule has 1 aromatic rings. The molecule has 1 saturated carbocycles. The van der Waals surface area contributed by atoms with Gasteiger partial charge in [-0.15, -0.1) is 0 Å². The van der Waals surface area contributed by atoms with Crippen molar-refractivity contribution in [1.29, 1.82) is 0 Å². The van der Waals surface area contributed by atoms with Gasteiger partial charge in [0.2, 0.25) is 5.91 Å². The van der Waals surface area contributed by atoms with E-state index < -0.39 is 17.5 Å². The van der Waals surface area contributed by atoms with E-state index in [1.807, 2.05) is 37.3 Å². The largest absolute Gasteiger partial charge is 0.344 e. The van der Waals surface area contributed by atoms with Crippen LogP contribution in [0.15, 0.2) is 30.3 Å². The van der Waals surface area contributed by atoms with Gasteiger partial charge in [-0.25, -0.2) is 4.79 Å². The maximum Gasteiger partial charge on any atom is 0.344 e. The second-order valence-electron chi connectivity index (χ2n) is 7.63. The van der Waals surface area contributed by atoms with Crippen molar-refractivity contribution in [3.8, 4) is 0 Å². The van der Waals surface area contributed by atoms with Crippen LogP contribution in [0.1, 0.15) is 70.3 Å². The predicted octanol–water partition coefficient (Wildman–Crippen LogP) is 3.63. The summed E-state index contributed by atoms with van der Waals surface area (Å²) in [5.41, 5.74) is 2.11. The molecule has 146 valence electrons. The molecule has 0 radical (unpaired) electrons. The number of benzene rings is 1. The highest BCUT2D eigenvalue weighted by molar-refractivity contribution is 6.08. The molecule has 2 fully saturated rings. The molecule has 6 heteroatoms. The second kappa shape index (κ2) is 8.55. The third kappa shape index (κ3) is 4.15. The fraction of sp³-hybridized carbons (Fsp3) is 0.571. The maximum atomic E-state index is 13.0. The molecular weight excluding hydrogens is 342 g/mol. The van der Waals surface area contributed by atoms with Gasteiger partial charge in [0.25, 0.3) is 5.91 Å². The molecule has 0 bridgehead atoms. The fourth-order valence-electron chi connectivity index (χ4n) is 4.25. The quantitative estimate of drug-likeness (QED) is 0.719. The minimum Gasteiger partial charge on any atom is -0.318 e. The van der Waals surface area contributed by atoms with Gasteiger partial charge in [0.1, 0.15) is 5.54 Å². The zero-order valence-electron chi connectivity index (χ0n) is 16.0. The Bertz CT molecular complexity index is 685. The third-order valence-corrected chi connectivity index (χ3v) is 5.87. The number of urea groups is 1. The molecular formula is C21H29N3O3. The van der Waals surface area contributed by atoms with Crippen LogP contribution >= 0.6 is 0 Å². The van der Waals surface area contributed by atoms with Crippen LogP contribution in [0.5, 0.6) is 0 Å². The molecule has 3 rings (SSSR count). The Morgan fingerprint density at radius 3 is 2.56 bits per heavy atom. The van der Waals surface area contributed by atoms with Crippen molar-refractivity contribution in [2.24, 2.45) is 5.92 Å². The lowest BCUT2D eigenvalue weighted by molar-refractivity contribution is -0.139. The van der Waals surface area contributed by atoms with E-state index in [4.69, 9.17) is 0 Å². The van der Waals surface area contributed by atoms with Crippen LogP contribution in [0, 0.1) is 5.92 Å². The molecule has 0 unspecified atom stereocenters. The number of rotatable bonds is 7. The first-order valence-electron chi connectivity index (χ1n) is 10.1. The van der Waals surface area contributed by atoms with Gasteiger partial charge in [-0.2, -0.15) is 5.01 Å². The van der Waals surface area contributed by atoms with Crippen LogP contribution in [-0.2, 0) is 15.1 Å². The summed E-state index contributed by atoms with van der Waals surface area (Å²) in [4.78, 5) is 37.6. The number of carbonyl (C=O) groups excluding carboxylic acids is 3. The number of nitrogens with zero attached hydrogens (tertiary/aromatic N) is 1. The van der Waals surface area contributed by atoms with E-state index in [2.05, 4.69) is 10.7 Å². The van der Waals surface area contributed by atoms with Gasteiger partial charge in [-0.05, 0) is 30.7 Å². The number of nitrogens with one attached hydrogen (secondary N) is 2. The van der Waals surface area contributed by atoms with Crippen LogP contribution in [0.25, 0.3) is 0 Å². The maximum absolute atomic E-state index is 13.0. The van der Waals surface area contributed by atoms with Gasteiger partial charge in [-0.3, -0.25) is 15.0 Å². The number of carbonyl (C=O) groups is 3. The Balaban J connectivity index is 1.57. The van der Waals surface area contributed by atoms with Gasteiger partial charge >= 0.3 is 6.03 Å². The van der Waals surface area contributed by atoms with E-state index in [9.17, 15) is 14.4 Å². The van der Waals surface area contributed by atoms with Crippen molar-refractivity contribution < 1.29 is 14.4 Å². The average Bonchev–Trinajstić information content (AvgIpc) is 2.94. The van der Waals surface area contributed by atoms with Crippen molar-refractivity contribution in [3.63, 3.8) is 0 Å². The second-order valence-corrected chi connectivity index (χ2v) is 7.63. The highest BCUT2D eigenvalue weighted by atomic mass is 16.2. The molecule has 6 nitrogen and oxygen atoms in total. The van der Waals surface area contributed by atoms with Crippen LogP contribution in [0.3, 0.4) is 0 Å². The number of imide groups is 1. The smallest absolute Gasteiger partial charge is 0.318 e. The normalized spacial score (nSPS) is 23.4. The lowest BCUT2D eigenvalue weighted by Gasteiger charge is -2.25. The number of amides is 4. The van der Waals surface area contributed by atoms with Gasteiger partial charge in [0, 0.05) is 6.42 Å². The monoisotopic (exact) mass is 371 g/mol. The molecule has 1 saturated heterocycles. The van der Waals surface area contributed by atoms with Crippen molar-refractivity contribution in [3.05, 3.63) is 35.9 Å².